The van der Waals surface area contributed by atoms with Gasteiger partial charge in [0.15, 0.2) is 0 Å². The minimum atomic E-state index is -0.564. The molecular weight excluding hydrogens is 196 g/mol. The molecule has 0 aromatic heterocycles. The zero-order valence-corrected chi connectivity index (χ0v) is 8.17. The van der Waals surface area contributed by atoms with Gasteiger partial charge < -0.3 is 9.47 Å². The van der Waals surface area contributed by atoms with Crippen LogP contribution in [-0.4, -0.2) is 12.4 Å². The molecule has 1 rings (SSSR count). The van der Waals surface area contributed by atoms with Crippen molar-refractivity contribution >= 4 is 12.4 Å². The van der Waals surface area contributed by atoms with Gasteiger partial charge in [0.1, 0.15) is 11.3 Å². The van der Waals surface area contributed by atoms with E-state index in [4.69, 9.17) is 4.74 Å². The first-order valence-corrected chi connectivity index (χ1v) is 4.31. The molecular formula is C11H10O4. The Kier molecular flexibility index (Phi) is 4.09. The van der Waals surface area contributed by atoms with Gasteiger partial charge in [0.05, 0.1) is 6.26 Å². The van der Waals surface area contributed by atoms with Crippen LogP contribution in [-0.2, 0) is 9.53 Å². The summed E-state index contributed by atoms with van der Waals surface area (Å²) < 4.78 is 9.38. The molecule has 0 spiro atoms. The second kappa shape index (κ2) is 5.59. The number of carbonyl (C=O) groups excluding carboxylic acids is 2. The van der Waals surface area contributed by atoms with E-state index in [0.29, 0.717) is 0 Å². The lowest BCUT2D eigenvalue weighted by molar-refractivity contribution is -0.120. The van der Waals surface area contributed by atoms with Crippen molar-refractivity contribution in [2.45, 2.75) is 6.92 Å². The van der Waals surface area contributed by atoms with Crippen molar-refractivity contribution in [3.8, 4) is 5.75 Å². The molecule has 0 bridgehead atoms. The fourth-order valence-corrected chi connectivity index (χ4v) is 0.983. The lowest BCUT2D eigenvalue weighted by Gasteiger charge is -2.04. The maximum atomic E-state index is 11.4. The molecule has 0 heterocycles. The second-order valence-electron chi connectivity index (χ2n) is 2.58. The van der Waals surface area contributed by atoms with Crippen molar-refractivity contribution in [3.05, 3.63) is 42.2 Å². The molecule has 0 unspecified atom stereocenters. The highest BCUT2D eigenvalue weighted by molar-refractivity contribution is 5.93. The Bertz CT molecular complexity index is 382. The Labute approximate surface area is 87.1 Å². The van der Waals surface area contributed by atoms with E-state index in [2.05, 4.69) is 4.74 Å². The van der Waals surface area contributed by atoms with E-state index in [1.165, 1.54) is 18.4 Å². The molecule has 0 saturated carbocycles. The van der Waals surface area contributed by atoms with Gasteiger partial charge in [-0.05, 0) is 19.1 Å². The van der Waals surface area contributed by atoms with E-state index in [1.54, 1.807) is 25.1 Å². The molecule has 0 radical (unpaired) electrons. The van der Waals surface area contributed by atoms with Crippen LogP contribution in [0.4, 0.5) is 0 Å². The van der Waals surface area contributed by atoms with Gasteiger partial charge in [-0.1, -0.05) is 18.2 Å². The normalized spacial score (nSPS) is 9.93. The molecule has 4 heteroatoms. The average molecular weight is 206 g/mol. The Morgan fingerprint density at radius 3 is 2.73 bits per heavy atom. The monoisotopic (exact) mass is 206 g/mol. The van der Waals surface area contributed by atoms with Gasteiger partial charge in [0, 0.05) is 0 Å². The van der Waals surface area contributed by atoms with Gasteiger partial charge in [-0.3, -0.25) is 4.79 Å². The number of carbonyl (C=O) groups is 2. The van der Waals surface area contributed by atoms with Crippen LogP contribution in [0.15, 0.2) is 36.6 Å². The molecule has 0 atom stereocenters. The Balaban J connectivity index is 2.91. The lowest BCUT2D eigenvalue weighted by Crippen LogP contribution is -2.04. The number of esters is 1. The predicted octanol–water partition coefficient (Wildman–Crippen LogP) is 1.91. The molecule has 1 aromatic rings. The van der Waals surface area contributed by atoms with Crippen molar-refractivity contribution < 1.29 is 19.1 Å². The summed E-state index contributed by atoms with van der Waals surface area (Å²) in [5.74, 6) is -0.382. The van der Waals surface area contributed by atoms with Crippen LogP contribution in [0.5, 0.6) is 5.75 Å². The number of hydrogen-bond acceptors (Lipinski definition) is 4. The van der Waals surface area contributed by atoms with Gasteiger partial charge in [0.2, 0.25) is 0 Å². The number of hydrogen-bond donors (Lipinski definition) is 0. The smallest absolute Gasteiger partial charge is 0.346 e. The maximum absolute atomic E-state index is 11.4. The van der Waals surface area contributed by atoms with Crippen LogP contribution in [0.1, 0.15) is 17.3 Å². The highest BCUT2D eigenvalue weighted by Crippen LogP contribution is 2.18. The molecule has 0 fully saturated rings. The third kappa shape index (κ3) is 2.95. The van der Waals surface area contributed by atoms with E-state index in [1.807, 2.05) is 0 Å². The van der Waals surface area contributed by atoms with Crippen LogP contribution in [0, 0.1) is 0 Å². The summed E-state index contributed by atoms with van der Waals surface area (Å²) in [5.41, 5.74) is 0.211. The molecule has 15 heavy (non-hydrogen) atoms. The van der Waals surface area contributed by atoms with Crippen molar-refractivity contribution in [2.75, 3.05) is 0 Å². The van der Waals surface area contributed by atoms with E-state index in [-0.39, 0.29) is 17.8 Å². The predicted molar refractivity (Wildman–Crippen MR) is 53.4 cm³/mol. The molecule has 0 aliphatic rings. The maximum Gasteiger partial charge on any atom is 0.346 e. The summed E-state index contributed by atoms with van der Waals surface area (Å²) in [5, 5.41) is 0. The summed E-state index contributed by atoms with van der Waals surface area (Å²) in [6.45, 7) is 1.99. The van der Waals surface area contributed by atoms with E-state index >= 15 is 0 Å². The van der Waals surface area contributed by atoms with E-state index < -0.39 is 5.97 Å². The zero-order valence-electron chi connectivity index (χ0n) is 8.17. The lowest BCUT2D eigenvalue weighted by atomic mass is 10.2. The fourth-order valence-electron chi connectivity index (χ4n) is 0.983. The first-order chi connectivity index (χ1) is 7.29. The van der Waals surface area contributed by atoms with Crippen LogP contribution >= 0.6 is 0 Å². The molecule has 0 saturated heterocycles. The Hall–Kier alpha value is -2.10. The molecule has 0 amide bonds. The van der Waals surface area contributed by atoms with Crippen LogP contribution < -0.4 is 4.74 Å². The van der Waals surface area contributed by atoms with Gasteiger partial charge in [0.25, 0.3) is 6.47 Å². The minimum absolute atomic E-state index is 0.182. The summed E-state index contributed by atoms with van der Waals surface area (Å²) in [6, 6.07) is 6.35. The number of allylic oxidation sites excluding steroid dienone is 1. The zero-order chi connectivity index (χ0) is 11.1. The average Bonchev–Trinajstić information content (AvgIpc) is 2.27. The van der Waals surface area contributed by atoms with Crippen LogP contribution in [0.25, 0.3) is 0 Å². The fraction of sp³-hybridized carbons (Fsp3) is 0.0909. The Morgan fingerprint density at radius 2 is 2.07 bits per heavy atom. The summed E-state index contributed by atoms with van der Waals surface area (Å²) in [4.78, 5) is 21.6. The first-order valence-electron chi connectivity index (χ1n) is 4.31. The molecule has 0 N–H and O–H groups in total. The molecule has 0 aliphatic carbocycles. The standard InChI is InChI=1S/C11H10O4/c1-2-7-14-11(13)9-5-3-4-6-10(9)15-8-12/h2-8H,1H3. The quantitative estimate of drug-likeness (QED) is 0.429. The molecule has 4 nitrogen and oxygen atoms in total. The van der Waals surface area contributed by atoms with E-state index in [0.717, 1.165) is 0 Å². The highest BCUT2D eigenvalue weighted by Gasteiger charge is 2.12. The third-order valence-corrected chi connectivity index (χ3v) is 1.59. The number of para-hydroxylation sites is 1. The van der Waals surface area contributed by atoms with Gasteiger partial charge >= 0.3 is 5.97 Å². The van der Waals surface area contributed by atoms with Gasteiger partial charge in [-0.25, -0.2) is 4.79 Å². The number of benzene rings is 1. The SMILES string of the molecule is CC=COC(=O)c1ccccc1OC=O. The summed E-state index contributed by atoms with van der Waals surface area (Å²) in [6.07, 6.45) is 2.85. The largest absolute Gasteiger partial charge is 0.431 e. The highest BCUT2D eigenvalue weighted by atomic mass is 16.5. The van der Waals surface area contributed by atoms with Crippen molar-refractivity contribution in [2.24, 2.45) is 0 Å². The van der Waals surface area contributed by atoms with Crippen LogP contribution in [0.3, 0.4) is 0 Å². The van der Waals surface area contributed by atoms with E-state index in [9.17, 15) is 9.59 Å². The van der Waals surface area contributed by atoms with Crippen molar-refractivity contribution in [1.82, 2.24) is 0 Å². The van der Waals surface area contributed by atoms with Gasteiger partial charge in [-0.15, -0.1) is 0 Å². The number of ether oxygens (including phenoxy) is 2. The van der Waals surface area contributed by atoms with Crippen molar-refractivity contribution in [1.29, 1.82) is 0 Å². The third-order valence-electron chi connectivity index (χ3n) is 1.59. The Morgan fingerprint density at radius 1 is 1.33 bits per heavy atom. The topological polar surface area (TPSA) is 52.6 Å². The van der Waals surface area contributed by atoms with Gasteiger partial charge in [-0.2, -0.15) is 0 Å². The summed E-state index contributed by atoms with van der Waals surface area (Å²) in [7, 11) is 0. The van der Waals surface area contributed by atoms with Crippen LogP contribution in [0.2, 0.25) is 0 Å². The van der Waals surface area contributed by atoms with Crippen molar-refractivity contribution in [3.63, 3.8) is 0 Å². The second-order valence-corrected chi connectivity index (χ2v) is 2.58. The molecule has 1 aromatic carbocycles. The molecule has 78 valence electrons. The number of rotatable bonds is 4. The first kappa shape index (κ1) is 11.0. The molecule has 0 aliphatic heterocycles. The minimum Gasteiger partial charge on any atom is -0.431 e. The summed E-state index contributed by atoms with van der Waals surface area (Å²) >= 11 is 0.